The molecule has 7 heteroatoms. The van der Waals surface area contributed by atoms with Crippen molar-refractivity contribution in [2.75, 3.05) is 4.72 Å². The lowest BCUT2D eigenvalue weighted by Gasteiger charge is -2.05. The number of hydrogen-bond acceptors (Lipinski definition) is 5. The van der Waals surface area contributed by atoms with Gasteiger partial charge in [-0.15, -0.1) is 11.3 Å². The van der Waals surface area contributed by atoms with Crippen LogP contribution in [0.3, 0.4) is 0 Å². The van der Waals surface area contributed by atoms with Crippen LogP contribution in [0.4, 0.5) is 5.82 Å². The summed E-state index contributed by atoms with van der Waals surface area (Å²) in [6.45, 7) is 2.22. The Morgan fingerprint density at radius 1 is 1.33 bits per heavy atom. The van der Waals surface area contributed by atoms with Gasteiger partial charge in [0.25, 0.3) is 10.0 Å². The number of nitrogens with zero attached hydrogens (tertiary/aromatic N) is 1. The molecule has 2 rings (SSSR count). The number of thiophene rings is 1. The van der Waals surface area contributed by atoms with E-state index in [2.05, 4.69) is 9.71 Å². The normalized spacial score (nSPS) is 11.4. The molecule has 2 aromatic rings. The Balaban J connectivity index is 2.24. The highest BCUT2D eigenvalue weighted by atomic mass is 32.2. The van der Waals surface area contributed by atoms with Crippen LogP contribution in [0.25, 0.3) is 0 Å². The SMILES string of the molecule is Cc1ccc(NS(=O)(=O)c2ccc(CN)s2)nc1. The van der Waals surface area contributed by atoms with Gasteiger partial charge in [-0.05, 0) is 30.7 Å². The highest BCUT2D eigenvalue weighted by Crippen LogP contribution is 2.23. The average molecular weight is 283 g/mol. The minimum Gasteiger partial charge on any atom is -0.326 e. The second kappa shape index (κ2) is 5.05. The quantitative estimate of drug-likeness (QED) is 0.894. The summed E-state index contributed by atoms with van der Waals surface area (Å²) in [4.78, 5) is 4.83. The van der Waals surface area contributed by atoms with E-state index in [9.17, 15) is 8.42 Å². The first-order valence-corrected chi connectivity index (χ1v) is 7.55. The maximum absolute atomic E-state index is 12.0. The van der Waals surface area contributed by atoms with Crippen molar-refractivity contribution >= 4 is 27.2 Å². The molecule has 0 radical (unpaired) electrons. The topological polar surface area (TPSA) is 85.1 Å². The standard InChI is InChI=1S/C11H13N3O2S2/c1-8-2-4-10(13-7-8)14-18(15,16)11-5-3-9(6-12)17-11/h2-5,7H,6,12H2,1H3,(H,13,14). The minimum atomic E-state index is -3.56. The first kappa shape index (κ1) is 13.0. The Morgan fingerprint density at radius 2 is 2.11 bits per heavy atom. The van der Waals surface area contributed by atoms with Crippen molar-refractivity contribution in [2.45, 2.75) is 17.7 Å². The Kier molecular flexibility index (Phi) is 3.65. The smallest absolute Gasteiger partial charge is 0.272 e. The van der Waals surface area contributed by atoms with E-state index in [1.54, 1.807) is 30.5 Å². The Labute approximate surface area is 110 Å². The summed E-state index contributed by atoms with van der Waals surface area (Å²) in [7, 11) is -3.56. The second-order valence-electron chi connectivity index (χ2n) is 3.75. The number of nitrogens with two attached hydrogens (primary N) is 1. The first-order valence-electron chi connectivity index (χ1n) is 5.25. The lowest BCUT2D eigenvalue weighted by Crippen LogP contribution is -2.12. The van der Waals surface area contributed by atoms with Gasteiger partial charge in [0.15, 0.2) is 0 Å². The summed E-state index contributed by atoms with van der Waals surface area (Å²) in [5.74, 6) is 0.309. The van der Waals surface area contributed by atoms with E-state index in [0.29, 0.717) is 12.4 Å². The molecule has 18 heavy (non-hydrogen) atoms. The van der Waals surface area contributed by atoms with Crippen molar-refractivity contribution in [2.24, 2.45) is 5.73 Å². The van der Waals surface area contributed by atoms with Gasteiger partial charge < -0.3 is 5.73 Å². The van der Waals surface area contributed by atoms with Crippen molar-refractivity contribution in [1.29, 1.82) is 0 Å². The molecule has 0 amide bonds. The Bertz CT molecular complexity index is 633. The van der Waals surface area contributed by atoms with Gasteiger partial charge in [-0.3, -0.25) is 4.72 Å². The molecule has 0 atom stereocenters. The van der Waals surface area contributed by atoms with E-state index in [-0.39, 0.29) is 4.21 Å². The number of rotatable bonds is 4. The molecule has 0 unspecified atom stereocenters. The lowest BCUT2D eigenvalue weighted by molar-refractivity contribution is 0.603. The number of pyridine rings is 1. The van der Waals surface area contributed by atoms with Gasteiger partial charge in [-0.1, -0.05) is 6.07 Å². The van der Waals surface area contributed by atoms with E-state index in [1.807, 2.05) is 6.92 Å². The number of sulfonamides is 1. The Morgan fingerprint density at radius 3 is 2.67 bits per heavy atom. The van der Waals surface area contributed by atoms with Crippen molar-refractivity contribution in [3.63, 3.8) is 0 Å². The highest BCUT2D eigenvalue weighted by molar-refractivity contribution is 7.94. The van der Waals surface area contributed by atoms with Crippen molar-refractivity contribution < 1.29 is 8.42 Å². The predicted molar refractivity (Wildman–Crippen MR) is 72.0 cm³/mol. The van der Waals surface area contributed by atoms with Gasteiger partial charge in [-0.2, -0.15) is 0 Å². The molecule has 0 fully saturated rings. The molecular formula is C11H13N3O2S2. The Hall–Kier alpha value is -1.44. The third-order valence-corrected chi connectivity index (χ3v) is 5.21. The fraction of sp³-hybridized carbons (Fsp3) is 0.182. The molecule has 0 spiro atoms. The third kappa shape index (κ3) is 2.87. The maximum Gasteiger partial charge on any atom is 0.272 e. The highest BCUT2D eigenvalue weighted by Gasteiger charge is 2.17. The van der Waals surface area contributed by atoms with Gasteiger partial charge in [-0.25, -0.2) is 13.4 Å². The summed E-state index contributed by atoms with van der Waals surface area (Å²) in [5.41, 5.74) is 6.43. The summed E-state index contributed by atoms with van der Waals surface area (Å²) in [6.07, 6.45) is 1.61. The number of hydrogen-bond donors (Lipinski definition) is 2. The molecule has 0 aliphatic rings. The molecule has 3 N–H and O–H groups in total. The van der Waals surface area contributed by atoms with Crippen LogP contribution in [0.15, 0.2) is 34.7 Å². The van der Waals surface area contributed by atoms with Crippen LogP contribution in [0, 0.1) is 6.92 Å². The van der Waals surface area contributed by atoms with Crippen LogP contribution < -0.4 is 10.5 Å². The molecule has 5 nitrogen and oxygen atoms in total. The summed E-state index contributed by atoms with van der Waals surface area (Å²) >= 11 is 1.16. The van der Waals surface area contributed by atoms with Crippen molar-refractivity contribution in [3.8, 4) is 0 Å². The minimum absolute atomic E-state index is 0.241. The number of anilines is 1. The number of nitrogens with one attached hydrogen (secondary N) is 1. The fourth-order valence-corrected chi connectivity index (χ4v) is 3.57. The predicted octanol–water partition coefficient (Wildman–Crippen LogP) is 1.71. The van der Waals surface area contributed by atoms with Gasteiger partial charge >= 0.3 is 0 Å². The molecule has 2 aromatic heterocycles. The zero-order valence-corrected chi connectivity index (χ0v) is 11.4. The van der Waals surface area contributed by atoms with Crippen LogP contribution >= 0.6 is 11.3 Å². The molecule has 0 aliphatic carbocycles. The molecular weight excluding hydrogens is 270 g/mol. The number of aryl methyl sites for hydroxylation is 1. The zero-order valence-electron chi connectivity index (χ0n) is 9.75. The molecule has 96 valence electrons. The second-order valence-corrected chi connectivity index (χ2v) is 6.83. The van der Waals surface area contributed by atoms with E-state index >= 15 is 0 Å². The summed E-state index contributed by atoms with van der Waals surface area (Å²) < 4.78 is 26.7. The largest absolute Gasteiger partial charge is 0.326 e. The van der Waals surface area contributed by atoms with Crippen LogP contribution in [0.1, 0.15) is 10.4 Å². The molecule has 0 bridgehead atoms. The first-order chi connectivity index (χ1) is 8.51. The third-order valence-electron chi connectivity index (χ3n) is 2.25. The molecule has 0 saturated carbocycles. The van der Waals surface area contributed by atoms with Crippen LogP contribution in [0.5, 0.6) is 0 Å². The molecule has 0 saturated heterocycles. The molecule has 0 aliphatic heterocycles. The van der Waals surface area contributed by atoms with Gasteiger partial charge in [0, 0.05) is 17.6 Å². The summed E-state index contributed by atoms with van der Waals surface area (Å²) in [6, 6.07) is 6.68. The van der Waals surface area contributed by atoms with Crippen molar-refractivity contribution in [1.82, 2.24) is 4.98 Å². The lowest BCUT2D eigenvalue weighted by atomic mass is 10.3. The van der Waals surface area contributed by atoms with E-state index in [4.69, 9.17) is 5.73 Å². The van der Waals surface area contributed by atoms with Crippen molar-refractivity contribution in [3.05, 3.63) is 40.9 Å². The zero-order chi connectivity index (χ0) is 13.2. The van der Waals surface area contributed by atoms with Crippen LogP contribution in [0.2, 0.25) is 0 Å². The van der Waals surface area contributed by atoms with Crippen LogP contribution in [-0.2, 0) is 16.6 Å². The van der Waals surface area contributed by atoms with Gasteiger partial charge in [0.05, 0.1) is 0 Å². The maximum atomic E-state index is 12.0. The van der Waals surface area contributed by atoms with Gasteiger partial charge in [0.2, 0.25) is 0 Å². The monoisotopic (exact) mass is 283 g/mol. The van der Waals surface area contributed by atoms with Gasteiger partial charge in [0.1, 0.15) is 10.0 Å². The fourth-order valence-electron chi connectivity index (χ4n) is 1.33. The van der Waals surface area contributed by atoms with E-state index in [1.165, 1.54) is 0 Å². The van der Waals surface area contributed by atoms with E-state index < -0.39 is 10.0 Å². The molecule has 2 heterocycles. The van der Waals surface area contributed by atoms with E-state index in [0.717, 1.165) is 21.8 Å². The molecule has 0 aromatic carbocycles. The average Bonchev–Trinajstić information content (AvgIpc) is 2.81. The van der Waals surface area contributed by atoms with Crippen LogP contribution in [-0.4, -0.2) is 13.4 Å². The summed E-state index contributed by atoms with van der Waals surface area (Å²) in [5, 5.41) is 0. The number of aromatic nitrogens is 1.